The number of carbonyl (C=O) groups is 1. The largest absolute Gasteiger partial charge is 0.493 e. The van der Waals surface area contributed by atoms with Crippen molar-refractivity contribution >= 4 is 28.4 Å². The van der Waals surface area contributed by atoms with Crippen LogP contribution in [0.15, 0.2) is 48.7 Å². The van der Waals surface area contributed by atoms with Gasteiger partial charge in [0.25, 0.3) is 0 Å². The number of rotatable bonds is 6. The van der Waals surface area contributed by atoms with Gasteiger partial charge in [-0.3, -0.25) is 4.79 Å². The zero-order valence-corrected chi connectivity index (χ0v) is 14.8. The predicted molar refractivity (Wildman–Crippen MR) is 98.3 cm³/mol. The summed E-state index contributed by atoms with van der Waals surface area (Å²) < 4.78 is 12.4. The van der Waals surface area contributed by atoms with Crippen molar-refractivity contribution < 1.29 is 14.3 Å². The van der Waals surface area contributed by atoms with Crippen LogP contribution in [0.1, 0.15) is 5.56 Å². The second kappa shape index (κ2) is 7.49. The number of methoxy groups -OCH3 is 2. The molecular formula is C19H19ClN2O3. The van der Waals surface area contributed by atoms with E-state index in [0.717, 1.165) is 16.5 Å². The molecule has 3 rings (SSSR count). The highest BCUT2D eigenvalue weighted by molar-refractivity contribution is 6.35. The Labute approximate surface area is 151 Å². The molecule has 0 spiro atoms. The molecule has 1 heterocycles. The lowest BCUT2D eigenvalue weighted by Crippen LogP contribution is -2.26. The Morgan fingerprint density at radius 2 is 1.92 bits per heavy atom. The zero-order chi connectivity index (χ0) is 17.8. The summed E-state index contributed by atoms with van der Waals surface area (Å²) in [6.07, 6.45) is 1.87. The van der Waals surface area contributed by atoms with E-state index in [9.17, 15) is 4.79 Å². The zero-order valence-electron chi connectivity index (χ0n) is 14.1. The summed E-state index contributed by atoms with van der Waals surface area (Å²) in [6, 6.07) is 13.1. The lowest BCUT2D eigenvalue weighted by atomic mass is 10.2. The first-order chi connectivity index (χ1) is 12.1. The predicted octanol–water partition coefficient (Wildman–Crippen LogP) is 3.63. The summed E-state index contributed by atoms with van der Waals surface area (Å²) in [5.41, 5.74) is 1.88. The molecule has 1 aromatic heterocycles. The highest BCUT2D eigenvalue weighted by Crippen LogP contribution is 2.27. The van der Waals surface area contributed by atoms with Gasteiger partial charge in [0, 0.05) is 28.7 Å². The number of hydrogen-bond donors (Lipinski definition) is 1. The van der Waals surface area contributed by atoms with E-state index >= 15 is 0 Å². The first-order valence-electron chi connectivity index (χ1n) is 7.83. The quantitative estimate of drug-likeness (QED) is 0.732. The molecule has 0 saturated carbocycles. The number of carbonyl (C=O) groups excluding carboxylic acids is 1. The van der Waals surface area contributed by atoms with E-state index in [4.69, 9.17) is 21.1 Å². The number of amides is 1. The Hall–Kier alpha value is -2.66. The minimum atomic E-state index is -0.0766. The van der Waals surface area contributed by atoms with Crippen molar-refractivity contribution in [2.45, 2.75) is 13.1 Å². The van der Waals surface area contributed by atoms with Gasteiger partial charge in [-0.25, -0.2) is 0 Å². The molecular weight excluding hydrogens is 340 g/mol. The highest BCUT2D eigenvalue weighted by Gasteiger charge is 2.09. The number of ether oxygens (including phenoxy) is 2. The number of nitrogens with one attached hydrogen (secondary N) is 1. The van der Waals surface area contributed by atoms with Crippen LogP contribution in [0.2, 0.25) is 5.02 Å². The maximum absolute atomic E-state index is 12.3. The average Bonchev–Trinajstić information content (AvgIpc) is 3.04. The molecule has 0 unspecified atom stereocenters. The summed E-state index contributed by atoms with van der Waals surface area (Å²) in [4.78, 5) is 12.3. The van der Waals surface area contributed by atoms with E-state index in [2.05, 4.69) is 5.32 Å². The van der Waals surface area contributed by atoms with Gasteiger partial charge in [-0.2, -0.15) is 0 Å². The summed E-state index contributed by atoms with van der Waals surface area (Å²) in [5.74, 6) is 1.22. The third-order valence-electron chi connectivity index (χ3n) is 4.01. The summed E-state index contributed by atoms with van der Waals surface area (Å²) in [5, 5.41) is 4.54. The molecule has 3 aromatic rings. The Kier molecular flexibility index (Phi) is 5.14. The Morgan fingerprint density at radius 3 is 2.68 bits per heavy atom. The topological polar surface area (TPSA) is 52.5 Å². The first kappa shape index (κ1) is 17.2. The Balaban J connectivity index is 1.66. The van der Waals surface area contributed by atoms with Crippen LogP contribution < -0.4 is 14.8 Å². The molecule has 6 heteroatoms. The maximum atomic E-state index is 12.3. The second-order valence-electron chi connectivity index (χ2n) is 5.58. The molecule has 0 saturated heterocycles. The molecule has 1 N–H and O–H groups in total. The van der Waals surface area contributed by atoms with Crippen LogP contribution in [0, 0.1) is 0 Å². The Morgan fingerprint density at radius 1 is 1.12 bits per heavy atom. The van der Waals surface area contributed by atoms with Crippen LogP contribution in [0.3, 0.4) is 0 Å². The van der Waals surface area contributed by atoms with Crippen molar-refractivity contribution in [3.8, 4) is 11.5 Å². The molecule has 25 heavy (non-hydrogen) atoms. The van der Waals surface area contributed by atoms with Gasteiger partial charge in [-0.05, 0) is 35.9 Å². The third kappa shape index (κ3) is 3.72. The smallest absolute Gasteiger partial charge is 0.240 e. The number of fused-ring (bicyclic) bond motifs is 1. The first-order valence-corrected chi connectivity index (χ1v) is 8.21. The van der Waals surface area contributed by atoms with Gasteiger partial charge in [-0.1, -0.05) is 23.7 Å². The highest BCUT2D eigenvalue weighted by atomic mass is 35.5. The van der Waals surface area contributed by atoms with Crippen LogP contribution in [0.4, 0.5) is 0 Å². The fraction of sp³-hybridized carbons (Fsp3) is 0.211. The molecule has 1 amide bonds. The standard InChI is InChI=1S/C19H19ClN2O3/c1-24-17-7-6-13(10-18(17)25-2)11-21-19(23)12-22-9-8-14-15(20)4-3-5-16(14)22/h3-10H,11-12H2,1-2H3,(H,21,23). The molecule has 0 aliphatic heterocycles. The van der Waals surface area contributed by atoms with E-state index in [0.29, 0.717) is 23.1 Å². The molecule has 0 atom stereocenters. The van der Waals surface area contributed by atoms with Crippen LogP contribution in [-0.2, 0) is 17.9 Å². The van der Waals surface area contributed by atoms with Gasteiger partial charge in [0.05, 0.1) is 14.2 Å². The molecule has 0 aliphatic carbocycles. The van der Waals surface area contributed by atoms with Crippen LogP contribution in [0.25, 0.3) is 10.9 Å². The van der Waals surface area contributed by atoms with Crippen molar-refractivity contribution in [1.29, 1.82) is 0 Å². The van der Waals surface area contributed by atoms with Crippen molar-refractivity contribution in [1.82, 2.24) is 9.88 Å². The number of nitrogens with zero attached hydrogens (tertiary/aromatic N) is 1. The number of halogens is 1. The summed E-state index contributed by atoms with van der Waals surface area (Å²) in [7, 11) is 3.18. The van der Waals surface area contributed by atoms with Gasteiger partial charge in [0.15, 0.2) is 11.5 Å². The van der Waals surface area contributed by atoms with Crippen molar-refractivity contribution in [2.24, 2.45) is 0 Å². The average molecular weight is 359 g/mol. The van der Waals surface area contributed by atoms with Gasteiger partial charge >= 0.3 is 0 Å². The summed E-state index contributed by atoms with van der Waals surface area (Å²) in [6.45, 7) is 0.649. The van der Waals surface area contributed by atoms with Gasteiger partial charge < -0.3 is 19.4 Å². The van der Waals surface area contributed by atoms with Crippen LogP contribution >= 0.6 is 11.6 Å². The lowest BCUT2D eigenvalue weighted by molar-refractivity contribution is -0.121. The molecule has 0 bridgehead atoms. The molecule has 2 aromatic carbocycles. The normalized spacial score (nSPS) is 10.7. The van der Waals surface area contributed by atoms with Gasteiger partial charge in [0.1, 0.15) is 6.54 Å². The molecule has 0 aliphatic rings. The monoisotopic (exact) mass is 358 g/mol. The number of benzene rings is 2. The molecule has 0 fully saturated rings. The van der Waals surface area contributed by atoms with Crippen LogP contribution in [0.5, 0.6) is 11.5 Å². The van der Waals surface area contributed by atoms with E-state index in [1.54, 1.807) is 14.2 Å². The minimum absolute atomic E-state index is 0.0766. The fourth-order valence-electron chi connectivity index (χ4n) is 2.73. The van der Waals surface area contributed by atoms with Crippen LogP contribution in [-0.4, -0.2) is 24.7 Å². The molecule has 5 nitrogen and oxygen atoms in total. The number of aromatic nitrogens is 1. The number of hydrogen-bond acceptors (Lipinski definition) is 3. The van der Waals surface area contributed by atoms with E-state index in [1.807, 2.05) is 53.2 Å². The summed E-state index contributed by atoms with van der Waals surface area (Å²) >= 11 is 6.17. The lowest BCUT2D eigenvalue weighted by Gasteiger charge is -2.11. The van der Waals surface area contributed by atoms with Crippen molar-refractivity contribution in [3.63, 3.8) is 0 Å². The maximum Gasteiger partial charge on any atom is 0.240 e. The molecule has 0 radical (unpaired) electrons. The van der Waals surface area contributed by atoms with Gasteiger partial charge in [0.2, 0.25) is 5.91 Å². The van der Waals surface area contributed by atoms with Gasteiger partial charge in [-0.15, -0.1) is 0 Å². The molecule has 130 valence electrons. The fourth-order valence-corrected chi connectivity index (χ4v) is 2.96. The van der Waals surface area contributed by atoms with Crippen molar-refractivity contribution in [2.75, 3.05) is 14.2 Å². The van der Waals surface area contributed by atoms with Crippen molar-refractivity contribution in [3.05, 3.63) is 59.2 Å². The second-order valence-corrected chi connectivity index (χ2v) is 5.99. The van der Waals surface area contributed by atoms with E-state index in [-0.39, 0.29) is 12.5 Å². The SMILES string of the molecule is COc1ccc(CNC(=O)Cn2ccc3c(Cl)cccc32)cc1OC. The minimum Gasteiger partial charge on any atom is -0.493 e. The van der Waals surface area contributed by atoms with E-state index in [1.165, 1.54) is 0 Å². The van der Waals surface area contributed by atoms with E-state index < -0.39 is 0 Å². The third-order valence-corrected chi connectivity index (χ3v) is 4.34. The Bertz CT molecular complexity index is 905.